The maximum Gasteiger partial charge on any atom is 0.310 e. The second-order valence-electron chi connectivity index (χ2n) is 8.48. The van der Waals surface area contributed by atoms with E-state index >= 15 is 0 Å². The zero-order valence-electron chi connectivity index (χ0n) is 17.1. The van der Waals surface area contributed by atoms with E-state index in [9.17, 15) is 4.79 Å². The molecule has 2 saturated heterocycles. The zero-order chi connectivity index (χ0) is 19.9. The number of ether oxygens (including phenoxy) is 1. The molecule has 2 aliphatic heterocycles. The molecule has 154 valence electrons. The van der Waals surface area contributed by atoms with Crippen LogP contribution in [0.25, 0.3) is 0 Å². The molecule has 4 heterocycles. The molecule has 29 heavy (non-hydrogen) atoms. The largest absolute Gasteiger partial charge is 0.462 e. The number of hydrogen-bond acceptors (Lipinski definition) is 5. The highest BCUT2D eigenvalue weighted by Crippen LogP contribution is 2.34. The van der Waals surface area contributed by atoms with Gasteiger partial charge in [-0.15, -0.1) is 0 Å². The summed E-state index contributed by atoms with van der Waals surface area (Å²) in [5.41, 5.74) is 2.49. The van der Waals surface area contributed by atoms with Gasteiger partial charge in [0.15, 0.2) is 0 Å². The molecule has 2 bridgehead atoms. The van der Waals surface area contributed by atoms with Gasteiger partial charge in [0, 0.05) is 37.9 Å². The zero-order valence-corrected chi connectivity index (χ0v) is 17.1. The number of esters is 1. The summed E-state index contributed by atoms with van der Waals surface area (Å²) in [6.07, 6.45) is 14.4. The first kappa shape index (κ1) is 20.0. The number of nitrogens with zero attached hydrogens (tertiary/aromatic N) is 3. The van der Waals surface area contributed by atoms with Crippen molar-refractivity contribution >= 4 is 5.97 Å². The van der Waals surface area contributed by atoms with Gasteiger partial charge in [-0.3, -0.25) is 14.8 Å². The molecule has 4 rings (SSSR count). The van der Waals surface area contributed by atoms with Crippen LogP contribution in [0, 0.1) is 11.8 Å². The summed E-state index contributed by atoms with van der Waals surface area (Å²) in [5.74, 6) is 0.627. The van der Waals surface area contributed by atoms with Crippen molar-refractivity contribution in [1.29, 1.82) is 0 Å². The maximum atomic E-state index is 12.8. The van der Waals surface area contributed by atoms with Gasteiger partial charge in [0.1, 0.15) is 6.10 Å². The molecular weight excluding hydrogens is 362 g/mol. The van der Waals surface area contributed by atoms with Crippen LogP contribution in [0.5, 0.6) is 0 Å². The van der Waals surface area contributed by atoms with Crippen molar-refractivity contribution in [3.63, 3.8) is 0 Å². The van der Waals surface area contributed by atoms with Crippen molar-refractivity contribution in [3.8, 4) is 0 Å². The fourth-order valence-corrected chi connectivity index (χ4v) is 4.72. The van der Waals surface area contributed by atoms with E-state index in [4.69, 9.17) is 4.74 Å². The van der Waals surface area contributed by atoms with Crippen LogP contribution in [-0.2, 0) is 22.4 Å². The molecule has 0 radical (unpaired) electrons. The van der Waals surface area contributed by atoms with Crippen LogP contribution in [-0.4, -0.2) is 46.6 Å². The van der Waals surface area contributed by atoms with Gasteiger partial charge in [-0.2, -0.15) is 0 Å². The second-order valence-corrected chi connectivity index (χ2v) is 8.48. The number of pyridine rings is 2. The molecule has 0 aliphatic carbocycles. The first-order valence-electron chi connectivity index (χ1n) is 11.0. The molecule has 5 nitrogen and oxygen atoms in total. The van der Waals surface area contributed by atoms with Crippen LogP contribution in [0.4, 0.5) is 0 Å². The van der Waals surface area contributed by atoms with Crippen LogP contribution in [0.2, 0.25) is 0 Å². The van der Waals surface area contributed by atoms with E-state index in [2.05, 4.69) is 27.0 Å². The lowest BCUT2D eigenvalue weighted by Gasteiger charge is -2.24. The third kappa shape index (κ3) is 5.63. The average molecular weight is 394 g/mol. The standard InChI is InChI=1S/C24H31N3O2/c28-24(23-18-27-14-11-21(23)17-27)29-22(9-1-5-19-7-3-12-25-15-19)10-2-6-20-8-4-13-26-16-20/h3-4,7-8,12-13,15-16,21-23H,1-2,5-6,9-11,14,17-18H2. The molecule has 0 saturated carbocycles. The quantitative estimate of drug-likeness (QED) is 0.576. The fourth-order valence-electron chi connectivity index (χ4n) is 4.72. The van der Waals surface area contributed by atoms with Gasteiger partial charge in [-0.05, 0) is 80.7 Å². The Morgan fingerprint density at radius 3 is 2.17 bits per heavy atom. The Hall–Kier alpha value is -2.27. The number of piperidine rings is 1. The number of carbonyl (C=O) groups is 1. The van der Waals surface area contributed by atoms with Crippen LogP contribution >= 0.6 is 0 Å². The summed E-state index contributed by atoms with van der Waals surface area (Å²) in [4.78, 5) is 23.6. The summed E-state index contributed by atoms with van der Waals surface area (Å²) in [6.45, 7) is 3.11. The number of hydrogen-bond donors (Lipinski definition) is 0. The van der Waals surface area contributed by atoms with Gasteiger partial charge in [0.05, 0.1) is 5.92 Å². The summed E-state index contributed by atoms with van der Waals surface area (Å²) in [5, 5.41) is 0. The number of aryl methyl sites for hydroxylation is 2. The first-order valence-corrected chi connectivity index (χ1v) is 11.0. The van der Waals surface area contributed by atoms with E-state index in [1.54, 1.807) is 12.4 Å². The first-order chi connectivity index (χ1) is 14.3. The molecule has 0 spiro atoms. The molecule has 5 heteroatoms. The van der Waals surface area contributed by atoms with Crippen molar-refractivity contribution in [3.05, 3.63) is 60.2 Å². The third-order valence-corrected chi connectivity index (χ3v) is 6.35. The minimum Gasteiger partial charge on any atom is -0.462 e. The fraction of sp³-hybridized carbons (Fsp3) is 0.542. The number of fused-ring (bicyclic) bond motifs is 2. The van der Waals surface area contributed by atoms with Gasteiger partial charge < -0.3 is 9.64 Å². The Morgan fingerprint density at radius 2 is 1.69 bits per heavy atom. The lowest BCUT2D eigenvalue weighted by molar-refractivity contribution is -0.156. The predicted molar refractivity (Wildman–Crippen MR) is 112 cm³/mol. The highest BCUT2D eigenvalue weighted by molar-refractivity contribution is 5.74. The number of rotatable bonds is 10. The van der Waals surface area contributed by atoms with E-state index < -0.39 is 0 Å². The molecule has 2 fully saturated rings. The Bertz CT molecular complexity index is 723. The Kier molecular flexibility index (Phi) is 6.88. The van der Waals surface area contributed by atoms with Gasteiger partial charge >= 0.3 is 5.97 Å². The molecule has 2 aromatic heterocycles. The summed E-state index contributed by atoms with van der Waals surface area (Å²) in [7, 11) is 0. The summed E-state index contributed by atoms with van der Waals surface area (Å²) >= 11 is 0. The summed E-state index contributed by atoms with van der Waals surface area (Å²) < 4.78 is 6.07. The van der Waals surface area contributed by atoms with Crippen molar-refractivity contribution in [1.82, 2.24) is 14.9 Å². The minimum atomic E-state index is 0.00460. The van der Waals surface area contributed by atoms with Gasteiger partial charge in [0.25, 0.3) is 0 Å². The molecular formula is C24H31N3O2. The summed E-state index contributed by atoms with van der Waals surface area (Å²) in [6, 6.07) is 8.18. The van der Waals surface area contributed by atoms with E-state index in [-0.39, 0.29) is 18.0 Å². The Labute approximate surface area is 173 Å². The molecule has 3 unspecified atom stereocenters. The topological polar surface area (TPSA) is 55.3 Å². The van der Waals surface area contributed by atoms with E-state index in [0.717, 1.165) is 64.6 Å². The van der Waals surface area contributed by atoms with Crippen LogP contribution in [0.1, 0.15) is 43.2 Å². The average Bonchev–Trinajstić information content (AvgIpc) is 3.39. The third-order valence-electron chi connectivity index (χ3n) is 6.35. The SMILES string of the molecule is O=C(OC(CCCc1cccnc1)CCCc1cccnc1)C1CN2CCC1C2. The van der Waals surface area contributed by atoms with Crippen LogP contribution in [0.15, 0.2) is 49.1 Å². The Morgan fingerprint density at radius 1 is 1.03 bits per heavy atom. The predicted octanol–water partition coefficient (Wildman–Crippen LogP) is 3.69. The highest BCUT2D eigenvalue weighted by Gasteiger charge is 2.43. The lowest BCUT2D eigenvalue weighted by Crippen LogP contribution is -2.33. The number of carbonyl (C=O) groups excluding carboxylic acids is 1. The monoisotopic (exact) mass is 393 g/mol. The maximum absolute atomic E-state index is 12.8. The van der Waals surface area contributed by atoms with Crippen LogP contribution < -0.4 is 0 Å². The highest BCUT2D eigenvalue weighted by atomic mass is 16.5. The molecule has 0 N–H and O–H groups in total. The molecule has 0 amide bonds. The van der Waals surface area contributed by atoms with Gasteiger partial charge in [0.2, 0.25) is 0 Å². The normalized spacial score (nSPS) is 22.9. The van der Waals surface area contributed by atoms with E-state index in [0.29, 0.717) is 5.92 Å². The van der Waals surface area contributed by atoms with Crippen molar-refractivity contribution in [2.75, 3.05) is 19.6 Å². The lowest BCUT2D eigenvalue weighted by atomic mass is 9.92. The number of aromatic nitrogens is 2. The van der Waals surface area contributed by atoms with Crippen LogP contribution in [0.3, 0.4) is 0 Å². The van der Waals surface area contributed by atoms with E-state index in [1.165, 1.54) is 11.1 Å². The van der Waals surface area contributed by atoms with Gasteiger partial charge in [-0.25, -0.2) is 0 Å². The van der Waals surface area contributed by atoms with Crippen molar-refractivity contribution in [2.24, 2.45) is 11.8 Å². The second kappa shape index (κ2) is 9.97. The van der Waals surface area contributed by atoms with Gasteiger partial charge in [-0.1, -0.05) is 12.1 Å². The van der Waals surface area contributed by atoms with Crippen molar-refractivity contribution in [2.45, 2.75) is 51.0 Å². The van der Waals surface area contributed by atoms with E-state index in [1.807, 2.05) is 24.5 Å². The molecule has 2 aliphatic rings. The Balaban J connectivity index is 1.29. The minimum absolute atomic E-state index is 0.00460. The molecule has 3 atom stereocenters. The smallest absolute Gasteiger partial charge is 0.310 e. The molecule has 2 aromatic rings. The van der Waals surface area contributed by atoms with Crippen molar-refractivity contribution < 1.29 is 9.53 Å². The molecule has 0 aromatic carbocycles.